The van der Waals surface area contributed by atoms with E-state index in [2.05, 4.69) is 31.3 Å². The van der Waals surface area contributed by atoms with Crippen LogP contribution in [-0.2, 0) is 4.74 Å². The number of nitrogens with zero attached hydrogens (tertiary/aromatic N) is 2. The first-order valence-electron chi connectivity index (χ1n) is 4.60. The van der Waals surface area contributed by atoms with Gasteiger partial charge in [0.1, 0.15) is 4.47 Å². The smallest absolute Gasteiger partial charge is 0.267 e. The van der Waals surface area contributed by atoms with Crippen LogP contribution in [0.5, 0.6) is 0 Å². The van der Waals surface area contributed by atoms with Gasteiger partial charge in [0, 0.05) is 13.1 Å². The minimum Gasteiger partial charge on any atom is -0.379 e. The fourth-order valence-corrected chi connectivity index (χ4v) is 1.59. The van der Waals surface area contributed by atoms with Crippen molar-refractivity contribution in [1.82, 2.24) is 15.0 Å². The first-order valence-corrected chi connectivity index (χ1v) is 5.39. The van der Waals surface area contributed by atoms with E-state index in [0.717, 1.165) is 13.1 Å². The zero-order valence-corrected chi connectivity index (χ0v) is 9.58. The SMILES string of the molecule is O=c1[nH]cnc(NN2CCOCC2)c1Br. The van der Waals surface area contributed by atoms with Gasteiger partial charge >= 0.3 is 0 Å². The van der Waals surface area contributed by atoms with E-state index < -0.39 is 0 Å². The predicted octanol–water partition coefficient (Wildman–Crippen LogP) is 0.192. The molecule has 0 aromatic carbocycles. The molecule has 0 bridgehead atoms. The summed E-state index contributed by atoms with van der Waals surface area (Å²) < 4.78 is 5.62. The van der Waals surface area contributed by atoms with E-state index in [1.807, 2.05) is 5.01 Å². The maximum absolute atomic E-state index is 11.3. The van der Waals surface area contributed by atoms with Crippen LogP contribution in [0.1, 0.15) is 0 Å². The monoisotopic (exact) mass is 274 g/mol. The zero-order chi connectivity index (χ0) is 10.7. The van der Waals surface area contributed by atoms with Gasteiger partial charge in [-0.2, -0.15) is 0 Å². The van der Waals surface area contributed by atoms with Gasteiger partial charge in [-0.25, -0.2) is 9.99 Å². The minimum absolute atomic E-state index is 0.194. The Bertz CT molecular complexity index is 388. The summed E-state index contributed by atoms with van der Waals surface area (Å²) in [6.07, 6.45) is 1.37. The van der Waals surface area contributed by atoms with Crippen molar-refractivity contribution in [1.29, 1.82) is 0 Å². The molecule has 1 aromatic rings. The molecular formula is C8H11BrN4O2. The summed E-state index contributed by atoms with van der Waals surface area (Å²) in [5, 5.41) is 1.97. The van der Waals surface area contributed by atoms with Gasteiger partial charge in [0.15, 0.2) is 5.82 Å². The second-order valence-electron chi connectivity index (χ2n) is 3.11. The molecule has 15 heavy (non-hydrogen) atoms. The Hall–Kier alpha value is -0.920. The fourth-order valence-electron chi connectivity index (χ4n) is 1.29. The van der Waals surface area contributed by atoms with E-state index in [0.29, 0.717) is 23.5 Å². The molecular weight excluding hydrogens is 264 g/mol. The molecule has 0 atom stereocenters. The molecule has 1 saturated heterocycles. The third-order valence-corrected chi connectivity index (χ3v) is 2.81. The van der Waals surface area contributed by atoms with Gasteiger partial charge < -0.3 is 15.1 Å². The minimum atomic E-state index is -0.194. The summed E-state index contributed by atoms with van der Waals surface area (Å²) in [4.78, 5) is 17.8. The zero-order valence-electron chi connectivity index (χ0n) is 7.99. The lowest BCUT2D eigenvalue weighted by Crippen LogP contribution is -2.40. The van der Waals surface area contributed by atoms with E-state index >= 15 is 0 Å². The van der Waals surface area contributed by atoms with Crippen LogP contribution in [0, 0.1) is 0 Å². The molecule has 0 unspecified atom stereocenters. The largest absolute Gasteiger partial charge is 0.379 e. The summed E-state index contributed by atoms with van der Waals surface area (Å²) in [6, 6.07) is 0. The van der Waals surface area contributed by atoms with E-state index in [1.54, 1.807) is 0 Å². The summed E-state index contributed by atoms with van der Waals surface area (Å²) in [6.45, 7) is 2.93. The lowest BCUT2D eigenvalue weighted by Gasteiger charge is -2.27. The fraction of sp³-hybridized carbons (Fsp3) is 0.500. The van der Waals surface area contributed by atoms with Gasteiger partial charge in [-0.15, -0.1) is 0 Å². The summed E-state index contributed by atoms with van der Waals surface area (Å²) in [5.41, 5.74) is 2.87. The highest BCUT2D eigenvalue weighted by Gasteiger charge is 2.12. The van der Waals surface area contributed by atoms with Crippen LogP contribution in [0.4, 0.5) is 5.82 Å². The van der Waals surface area contributed by atoms with Crippen LogP contribution in [0.2, 0.25) is 0 Å². The van der Waals surface area contributed by atoms with Crippen LogP contribution >= 0.6 is 15.9 Å². The van der Waals surface area contributed by atoms with Crippen molar-refractivity contribution < 1.29 is 4.74 Å². The van der Waals surface area contributed by atoms with Gasteiger partial charge in [-0.1, -0.05) is 0 Å². The number of aromatic amines is 1. The van der Waals surface area contributed by atoms with E-state index in [-0.39, 0.29) is 5.56 Å². The molecule has 1 fully saturated rings. The Morgan fingerprint density at radius 1 is 1.53 bits per heavy atom. The number of anilines is 1. The number of ether oxygens (including phenoxy) is 1. The summed E-state index contributed by atoms with van der Waals surface area (Å²) >= 11 is 3.18. The van der Waals surface area contributed by atoms with Crippen LogP contribution < -0.4 is 11.0 Å². The van der Waals surface area contributed by atoms with Crippen molar-refractivity contribution in [3.8, 4) is 0 Å². The highest BCUT2D eigenvalue weighted by atomic mass is 79.9. The first kappa shape index (κ1) is 10.6. The van der Waals surface area contributed by atoms with Crippen molar-refractivity contribution in [3.63, 3.8) is 0 Å². The number of hydrogen-bond donors (Lipinski definition) is 2. The topological polar surface area (TPSA) is 70.2 Å². The molecule has 0 amide bonds. The Morgan fingerprint density at radius 3 is 3.00 bits per heavy atom. The number of nitrogens with one attached hydrogen (secondary N) is 2. The number of rotatable bonds is 2. The molecule has 1 aliphatic heterocycles. The molecule has 2 rings (SSSR count). The van der Waals surface area contributed by atoms with Crippen LogP contribution in [-0.4, -0.2) is 41.3 Å². The quantitative estimate of drug-likeness (QED) is 0.806. The van der Waals surface area contributed by atoms with Crippen molar-refractivity contribution in [2.24, 2.45) is 0 Å². The highest BCUT2D eigenvalue weighted by molar-refractivity contribution is 9.10. The average molecular weight is 275 g/mol. The van der Waals surface area contributed by atoms with Crippen LogP contribution in [0.3, 0.4) is 0 Å². The predicted molar refractivity (Wildman–Crippen MR) is 58.6 cm³/mol. The second-order valence-corrected chi connectivity index (χ2v) is 3.90. The van der Waals surface area contributed by atoms with Gasteiger partial charge in [0.05, 0.1) is 19.5 Å². The number of hydrazine groups is 1. The Labute approximate surface area is 94.7 Å². The standard InChI is InChI=1S/C8H11BrN4O2/c9-6-7(10-5-11-8(6)14)12-13-1-3-15-4-2-13/h5H,1-4H2,(H2,10,11,12,14). The Morgan fingerprint density at radius 2 is 2.27 bits per heavy atom. The van der Waals surface area contributed by atoms with Crippen molar-refractivity contribution in [3.05, 3.63) is 21.2 Å². The van der Waals surface area contributed by atoms with Gasteiger partial charge in [-0.3, -0.25) is 4.79 Å². The Kier molecular flexibility index (Phi) is 3.34. The number of halogens is 1. The molecule has 1 aromatic heterocycles. The lowest BCUT2D eigenvalue weighted by atomic mass is 10.5. The second kappa shape index (κ2) is 4.73. The lowest BCUT2D eigenvalue weighted by molar-refractivity contribution is 0.0494. The molecule has 1 aliphatic rings. The van der Waals surface area contributed by atoms with Crippen molar-refractivity contribution in [2.75, 3.05) is 31.7 Å². The van der Waals surface area contributed by atoms with Gasteiger partial charge in [0.2, 0.25) is 0 Å². The third-order valence-electron chi connectivity index (χ3n) is 2.07. The van der Waals surface area contributed by atoms with Crippen molar-refractivity contribution >= 4 is 21.7 Å². The maximum Gasteiger partial charge on any atom is 0.267 e. The molecule has 6 nitrogen and oxygen atoms in total. The number of H-pyrrole nitrogens is 1. The molecule has 82 valence electrons. The number of morpholine rings is 1. The molecule has 0 saturated carbocycles. The van der Waals surface area contributed by atoms with Crippen molar-refractivity contribution in [2.45, 2.75) is 0 Å². The van der Waals surface area contributed by atoms with E-state index in [4.69, 9.17) is 4.74 Å². The first-order chi connectivity index (χ1) is 7.27. The summed E-state index contributed by atoms with van der Waals surface area (Å²) in [5.74, 6) is 0.528. The Balaban J connectivity index is 2.09. The molecule has 0 spiro atoms. The summed E-state index contributed by atoms with van der Waals surface area (Å²) in [7, 11) is 0. The van der Waals surface area contributed by atoms with E-state index in [9.17, 15) is 4.79 Å². The molecule has 2 heterocycles. The average Bonchev–Trinajstić information content (AvgIpc) is 2.26. The highest BCUT2D eigenvalue weighted by Crippen LogP contribution is 2.14. The number of hydrogen-bond acceptors (Lipinski definition) is 5. The normalized spacial score (nSPS) is 17.7. The third kappa shape index (κ3) is 2.55. The molecule has 0 aliphatic carbocycles. The number of aromatic nitrogens is 2. The maximum atomic E-state index is 11.3. The van der Waals surface area contributed by atoms with Crippen LogP contribution in [0.25, 0.3) is 0 Å². The molecule has 7 heteroatoms. The van der Waals surface area contributed by atoms with Gasteiger partial charge in [-0.05, 0) is 15.9 Å². The van der Waals surface area contributed by atoms with E-state index in [1.165, 1.54) is 6.33 Å². The van der Waals surface area contributed by atoms with Gasteiger partial charge in [0.25, 0.3) is 5.56 Å². The van der Waals surface area contributed by atoms with Crippen LogP contribution in [0.15, 0.2) is 15.6 Å². The molecule has 0 radical (unpaired) electrons. The molecule has 2 N–H and O–H groups in total.